The van der Waals surface area contributed by atoms with E-state index >= 15 is 0 Å². The Morgan fingerprint density at radius 3 is 2.35 bits per heavy atom. The summed E-state index contributed by atoms with van der Waals surface area (Å²) in [5.74, 6) is 1.12. The molecule has 0 amide bonds. The van der Waals surface area contributed by atoms with E-state index in [-0.39, 0.29) is 5.54 Å². The zero-order chi connectivity index (χ0) is 18.2. The van der Waals surface area contributed by atoms with Crippen molar-refractivity contribution < 1.29 is 13.2 Å². The van der Waals surface area contributed by atoms with Crippen LogP contribution < -0.4 is 0 Å². The monoisotopic (exact) mass is 384 g/mol. The van der Waals surface area contributed by atoms with Crippen molar-refractivity contribution in [1.29, 1.82) is 0 Å². The Labute approximate surface area is 159 Å². The van der Waals surface area contributed by atoms with E-state index in [0.29, 0.717) is 37.4 Å². The summed E-state index contributed by atoms with van der Waals surface area (Å²) in [6.07, 6.45) is 12.4. The van der Waals surface area contributed by atoms with Gasteiger partial charge in [0.05, 0.1) is 11.9 Å². The number of piperidine rings is 1. The smallest absolute Gasteiger partial charge is 0.214 e. The van der Waals surface area contributed by atoms with E-state index in [1.54, 1.807) is 4.31 Å². The molecule has 0 aromatic carbocycles. The molecule has 1 unspecified atom stereocenters. The molecule has 6 heteroatoms. The van der Waals surface area contributed by atoms with Crippen LogP contribution in [-0.2, 0) is 14.8 Å². The van der Waals surface area contributed by atoms with Crippen LogP contribution in [0.1, 0.15) is 71.1 Å². The molecular weight excluding hydrogens is 348 g/mol. The zero-order valence-corrected chi connectivity index (χ0v) is 17.2. The SMILES string of the molecule is CCCS(=O)(=O)N1CCC(N2CC(OCC3CC3)C23CCCCC3)CC1. The van der Waals surface area contributed by atoms with Crippen LogP contribution in [0.25, 0.3) is 0 Å². The molecule has 0 bridgehead atoms. The van der Waals surface area contributed by atoms with Crippen molar-refractivity contribution in [2.45, 2.75) is 88.8 Å². The van der Waals surface area contributed by atoms with E-state index in [1.807, 2.05) is 6.92 Å². The summed E-state index contributed by atoms with van der Waals surface area (Å²) < 4.78 is 32.8. The third kappa shape index (κ3) is 3.71. The number of nitrogens with zero attached hydrogens (tertiary/aromatic N) is 2. The molecular formula is C20H36N2O3S. The highest BCUT2D eigenvalue weighted by molar-refractivity contribution is 7.89. The number of sulfonamides is 1. The van der Waals surface area contributed by atoms with Gasteiger partial charge in [0.1, 0.15) is 0 Å². The lowest BCUT2D eigenvalue weighted by Crippen LogP contribution is -2.75. The number of ether oxygens (including phenoxy) is 1. The zero-order valence-electron chi connectivity index (χ0n) is 16.4. The highest BCUT2D eigenvalue weighted by atomic mass is 32.2. The number of rotatable bonds is 7. The minimum Gasteiger partial charge on any atom is -0.375 e. The van der Waals surface area contributed by atoms with Crippen LogP contribution in [-0.4, -0.2) is 67.3 Å². The Kier molecular flexibility index (Phi) is 5.66. The van der Waals surface area contributed by atoms with Crippen molar-refractivity contribution in [2.75, 3.05) is 32.0 Å². The second kappa shape index (κ2) is 7.69. The maximum absolute atomic E-state index is 12.3. The summed E-state index contributed by atoms with van der Waals surface area (Å²) in [6, 6.07) is 0.543. The summed E-state index contributed by atoms with van der Waals surface area (Å²) in [4.78, 5) is 2.73. The molecule has 0 radical (unpaired) electrons. The first kappa shape index (κ1) is 19.2. The number of likely N-dealkylation sites (tertiary alicyclic amines) is 1. The maximum Gasteiger partial charge on any atom is 0.214 e. The molecule has 5 nitrogen and oxygen atoms in total. The quantitative estimate of drug-likeness (QED) is 0.677. The standard InChI is InChI=1S/C20H36N2O3S/c1-2-14-26(23,24)21-12-8-18(9-13-21)22-15-19(25-16-17-6-7-17)20(22)10-4-3-5-11-20/h17-19H,2-16H2,1H3. The molecule has 0 aromatic rings. The Balaban J connectivity index is 1.36. The average Bonchev–Trinajstić information content (AvgIpc) is 3.46. The van der Waals surface area contributed by atoms with Gasteiger partial charge < -0.3 is 4.74 Å². The van der Waals surface area contributed by atoms with Crippen molar-refractivity contribution >= 4 is 10.0 Å². The molecule has 0 N–H and O–H groups in total. The molecule has 1 spiro atoms. The van der Waals surface area contributed by atoms with Crippen molar-refractivity contribution in [3.8, 4) is 0 Å². The van der Waals surface area contributed by atoms with Gasteiger partial charge >= 0.3 is 0 Å². The molecule has 1 atom stereocenters. The van der Waals surface area contributed by atoms with Gasteiger partial charge in [0.25, 0.3) is 0 Å². The third-order valence-corrected chi connectivity index (χ3v) is 9.28. The van der Waals surface area contributed by atoms with Gasteiger partial charge in [-0.3, -0.25) is 4.90 Å². The Morgan fingerprint density at radius 2 is 1.73 bits per heavy atom. The fourth-order valence-corrected chi connectivity index (χ4v) is 6.99. The second-order valence-corrected chi connectivity index (χ2v) is 11.1. The van der Waals surface area contributed by atoms with Crippen LogP contribution >= 0.6 is 0 Å². The van der Waals surface area contributed by atoms with E-state index in [0.717, 1.165) is 31.9 Å². The van der Waals surface area contributed by atoms with E-state index in [1.165, 1.54) is 44.9 Å². The third-order valence-electron chi connectivity index (χ3n) is 7.20. The number of hydrogen-bond acceptors (Lipinski definition) is 4. The predicted molar refractivity (Wildman–Crippen MR) is 104 cm³/mol. The first-order valence-corrected chi connectivity index (χ1v) is 12.5. The lowest BCUT2D eigenvalue weighted by Gasteiger charge is -2.63. The van der Waals surface area contributed by atoms with Crippen molar-refractivity contribution in [1.82, 2.24) is 9.21 Å². The van der Waals surface area contributed by atoms with Crippen molar-refractivity contribution in [3.05, 3.63) is 0 Å². The van der Waals surface area contributed by atoms with E-state index < -0.39 is 10.0 Å². The molecule has 2 aliphatic carbocycles. The molecule has 4 aliphatic rings. The van der Waals surface area contributed by atoms with Gasteiger partial charge in [0.2, 0.25) is 10.0 Å². The maximum atomic E-state index is 12.3. The molecule has 2 heterocycles. The van der Waals surface area contributed by atoms with E-state index in [2.05, 4.69) is 4.90 Å². The first-order valence-electron chi connectivity index (χ1n) is 10.9. The summed E-state index contributed by atoms with van der Waals surface area (Å²) in [7, 11) is -3.04. The molecule has 2 saturated carbocycles. The van der Waals surface area contributed by atoms with Crippen LogP contribution in [0.4, 0.5) is 0 Å². The minimum atomic E-state index is -3.04. The summed E-state index contributed by atoms with van der Waals surface area (Å²) in [6.45, 7) is 5.38. The average molecular weight is 385 g/mol. The largest absolute Gasteiger partial charge is 0.375 e. The van der Waals surface area contributed by atoms with Gasteiger partial charge in [-0.25, -0.2) is 12.7 Å². The topological polar surface area (TPSA) is 49.9 Å². The molecule has 2 aliphatic heterocycles. The summed E-state index contributed by atoms with van der Waals surface area (Å²) in [5.41, 5.74) is 0.266. The van der Waals surface area contributed by atoms with E-state index in [9.17, 15) is 8.42 Å². The van der Waals surface area contributed by atoms with Crippen LogP contribution in [0.15, 0.2) is 0 Å². The van der Waals surface area contributed by atoms with Gasteiger partial charge in [-0.15, -0.1) is 0 Å². The van der Waals surface area contributed by atoms with Crippen molar-refractivity contribution in [3.63, 3.8) is 0 Å². The molecule has 0 aromatic heterocycles. The molecule has 4 fully saturated rings. The van der Waals surface area contributed by atoms with E-state index in [4.69, 9.17) is 4.74 Å². The van der Waals surface area contributed by atoms with Crippen LogP contribution in [0, 0.1) is 5.92 Å². The lowest BCUT2D eigenvalue weighted by molar-refractivity contribution is -0.202. The van der Waals surface area contributed by atoms with Crippen molar-refractivity contribution in [2.24, 2.45) is 5.92 Å². The highest BCUT2D eigenvalue weighted by Gasteiger charge is 2.56. The Hall–Kier alpha value is -0.170. The fraction of sp³-hybridized carbons (Fsp3) is 1.00. The molecule has 4 rings (SSSR count). The minimum absolute atomic E-state index is 0.266. The molecule has 150 valence electrons. The normalized spacial score (nSPS) is 31.2. The van der Waals surface area contributed by atoms with Crippen LogP contribution in [0.2, 0.25) is 0 Å². The van der Waals surface area contributed by atoms with Crippen LogP contribution in [0.5, 0.6) is 0 Å². The van der Waals surface area contributed by atoms with Gasteiger partial charge in [0.15, 0.2) is 0 Å². The summed E-state index contributed by atoms with van der Waals surface area (Å²) in [5, 5.41) is 0. The van der Waals surface area contributed by atoms with Gasteiger partial charge in [0, 0.05) is 37.8 Å². The number of hydrogen-bond donors (Lipinski definition) is 0. The summed E-state index contributed by atoms with van der Waals surface area (Å²) >= 11 is 0. The first-order chi connectivity index (χ1) is 12.5. The fourth-order valence-electron chi connectivity index (χ4n) is 5.45. The molecule has 2 saturated heterocycles. The van der Waals surface area contributed by atoms with Crippen LogP contribution in [0.3, 0.4) is 0 Å². The predicted octanol–water partition coefficient (Wildman–Crippen LogP) is 3.00. The van der Waals surface area contributed by atoms with Gasteiger partial charge in [-0.05, 0) is 50.9 Å². The Bertz CT molecular complexity index is 576. The molecule has 26 heavy (non-hydrogen) atoms. The lowest BCUT2D eigenvalue weighted by atomic mass is 9.69. The van der Waals surface area contributed by atoms with Gasteiger partial charge in [-0.1, -0.05) is 26.2 Å². The highest BCUT2D eigenvalue weighted by Crippen LogP contribution is 2.48. The Morgan fingerprint density at radius 1 is 1.04 bits per heavy atom. The van der Waals surface area contributed by atoms with Gasteiger partial charge in [-0.2, -0.15) is 0 Å². The second-order valence-electron chi connectivity index (χ2n) is 9.03.